The number of rotatable bonds is 8. The van der Waals surface area contributed by atoms with E-state index in [0.29, 0.717) is 13.1 Å². The molecule has 0 aliphatic carbocycles. The van der Waals surface area contributed by atoms with Crippen molar-refractivity contribution in [3.8, 4) is 5.75 Å². The number of amides is 2. The Morgan fingerprint density at radius 2 is 1.74 bits per heavy atom. The molecule has 0 spiro atoms. The highest BCUT2D eigenvalue weighted by Crippen LogP contribution is 2.19. The van der Waals surface area contributed by atoms with Crippen LogP contribution >= 0.6 is 0 Å². The third-order valence-corrected chi connectivity index (χ3v) is 5.72. The number of hydrogen-bond acceptors (Lipinski definition) is 4. The van der Waals surface area contributed by atoms with Gasteiger partial charge in [-0.15, -0.1) is 0 Å². The zero-order valence-corrected chi connectivity index (χ0v) is 18.7. The van der Waals surface area contributed by atoms with Crippen LogP contribution in [0, 0.1) is 19.8 Å². The number of nitrogens with zero attached hydrogens (tertiary/aromatic N) is 1. The van der Waals surface area contributed by atoms with E-state index in [1.54, 1.807) is 7.11 Å². The van der Waals surface area contributed by atoms with Gasteiger partial charge in [-0.2, -0.15) is 0 Å². The molecule has 1 heterocycles. The first kappa shape index (κ1) is 22.8. The van der Waals surface area contributed by atoms with Crippen molar-refractivity contribution in [3.05, 3.63) is 59.2 Å². The number of carbonyl (C=O) groups is 2. The highest BCUT2D eigenvalue weighted by atomic mass is 16.5. The normalized spacial score (nSPS) is 14.8. The van der Waals surface area contributed by atoms with E-state index in [1.165, 1.54) is 0 Å². The van der Waals surface area contributed by atoms with Gasteiger partial charge in [-0.1, -0.05) is 24.3 Å². The van der Waals surface area contributed by atoms with E-state index in [2.05, 4.69) is 21.6 Å². The zero-order valence-electron chi connectivity index (χ0n) is 18.7. The molecule has 0 saturated carbocycles. The van der Waals surface area contributed by atoms with Crippen LogP contribution in [0.1, 0.15) is 29.5 Å². The van der Waals surface area contributed by atoms with Crippen molar-refractivity contribution in [2.75, 3.05) is 38.6 Å². The number of carbonyl (C=O) groups excluding carboxylic acids is 2. The van der Waals surface area contributed by atoms with Gasteiger partial charge < -0.3 is 15.4 Å². The van der Waals surface area contributed by atoms with Crippen LogP contribution in [0.25, 0.3) is 0 Å². The number of hydrogen-bond donors (Lipinski definition) is 2. The summed E-state index contributed by atoms with van der Waals surface area (Å²) in [5.41, 5.74) is 4.20. The SMILES string of the molecule is COc1ccccc1CCNC(=O)C1CCN(CC(=O)Nc2cc(C)cc(C)c2)CC1. The van der Waals surface area contributed by atoms with Crippen LogP contribution in [-0.2, 0) is 16.0 Å². The number of anilines is 1. The molecule has 0 bridgehead atoms. The van der Waals surface area contributed by atoms with Gasteiger partial charge in [0.05, 0.1) is 13.7 Å². The summed E-state index contributed by atoms with van der Waals surface area (Å²) in [6.07, 6.45) is 2.29. The van der Waals surface area contributed by atoms with Gasteiger partial charge in [0.1, 0.15) is 5.75 Å². The number of para-hydroxylation sites is 1. The van der Waals surface area contributed by atoms with Crippen LogP contribution in [0.2, 0.25) is 0 Å². The van der Waals surface area contributed by atoms with Gasteiger partial charge in [0.15, 0.2) is 0 Å². The Balaban J connectivity index is 1.38. The van der Waals surface area contributed by atoms with E-state index in [1.807, 2.05) is 50.2 Å². The van der Waals surface area contributed by atoms with Crippen LogP contribution in [0.3, 0.4) is 0 Å². The molecule has 0 aromatic heterocycles. The van der Waals surface area contributed by atoms with E-state index >= 15 is 0 Å². The van der Waals surface area contributed by atoms with Gasteiger partial charge in [-0.3, -0.25) is 14.5 Å². The van der Waals surface area contributed by atoms with Crippen LogP contribution in [-0.4, -0.2) is 50.0 Å². The molecule has 1 saturated heterocycles. The molecule has 2 amide bonds. The van der Waals surface area contributed by atoms with Crippen molar-refractivity contribution in [2.45, 2.75) is 33.1 Å². The van der Waals surface area contributed by atoms with E-state index in [0.717, 1.165) is 60.5 Å². The Bertz CT molecular complexity index is 884. The molecule has 166 valence electrons. The molecule has 0 atom stereocenters. The Hall–Kier alpha value is -2.86. The van der Waals surface area contributed by atoms with Crippen molar-refractivity contribution in [1.29, 1.82) is 0 Å². The van der Waals surface area contributed by atoms with Crippen molar-refractivity contribution in [3.63, 3.8) is 0 Å². The van der Waals surface area contributed by atoms with Gasteiger partial charge in [0, 0.05) is 18.2 Å². The van der Waals surface area contributed by atoms with E-state index in [-0.39, 0.29) is 17.7 Å². The zero-order chi connectivity index (χ0) is 22.2. The highest BCUT2D eigenvalue weighted by Gasteiger charge is 2.25. The standard InChI is InChI=1S/C25H33N3O3/c1-18-14-19(2)16-22(15-18)27-24(29)17-28-12-9-21(10-13-28)25(30)26-11-8-20-6-4-5-7-23(20)31-3/h4-7,14-16,21H,8-13,17H2,1-3H3,(H,26,30)(H,27,29). The molecule has 6 nitrogen and oxygen atoms in total. The molecule has 3 rings (SSSR count). The minimum absolute atomic E-state index is 0.00953. The molecule has 2 N–H and O–H groups in total. The second-order valence-electron chi connectivity index (χ2n) is 8.33. The van der Waals surface area contributed by atoms with Crippen molar-refractivity contribution < 1.29 is 14.3 Å². The van der Waals surface area contributed by atoms with Crippen LogP contribution in [0.15, 0.2) is 42.5 Å². The second kappa shape index (κ2) is 11.0. The maximum Gasteiger partial charge on any atom is 0.238 e. The molecule has 31 heavy (non-hydrogen) atoms. The Morgan fingerprint density at radius 3 is 2.42 bits per heavy atom. The van der Waals surface area contributed by atoms with Gasteiger partial charge >= 0.3 is 0 Å². The summed E-state index contributed by atoms with van der Waals surface area (Å²) in [5, 5.41) is 6.05. The van der Waals surface area contributed by atoms with Crippen LogP contribution in [0.5, 0.6) is 5.75 Å². The molecule has 0 radical (unpaired) electrons. The number of aryl methyl sites for hydroxylation is 2. The lowest BCUT2D eigenvalue weighted by Crippen LogP contribution is -2.43. The Kier molecular flexibility index (Phi) is 8.06. The maximum atomic E-state index is 12.5. The average molecular weight is 424 g/mol. The summed E-state index contributed by atoms with van der Waals surface area (Å²) in [6.45, 7) is 6.51. The lowest BCUT2D eigenvalue weighted by atomic mass is 9.96. The lowest BCUT2D eigenvalue weighted by Gasteiger charge is -2.30. The smallest absolute Gasteiger partial charge is 0.238 e. The number of methoxy groups -OCH3 is 1. The summed E-state index contributed by atoms with van der Waals surface area (Å²) in [6, 6.07) is 13.9. The molecular weight excluding hydrogens is 390 g/mol. The molecule has 6 heteroatoms. The van der Waals surface area contributed by atoms with E-state index < -0.39 is 0 Å². The summed E-state index contributed by atoms with van der Waals surface area (Å²) < 4.78 is 5.36. The summed E-state index contributed by atoms with van der Waals surface area (Å²) in [7, 11) is 1.66. The summed E-state index contributed by atoms with van der Waals surface area (Å²) >= 11 is 0. The Morgan fingerprint density at radius 1 is 1.06 bits per heavy atom. The monoisotopic (exact) mass is 423 g/mol. The molecule has 1 fully saturated rings. The fourth-order valence-electron chi connectivity index (χ4n) is 4.18. The number of benzene rings is 2. The second-order valence-corrected chi connectivity index (χ2v) is 8.33. The highest BCUT2D eigenvalue weighted by molar-refractivity contribution is 5.92. The Labute approximate surface area is 185 Å². The van der Waals surface area contributed by atoms with Crippen molar-refractivity contribution >= 4 is 17.5 Å². The fraction of sp³-hybridized carbons (Fsp3) is 0.440. The van der Waals surface area contributed by atoms with Crippen LogP contribution < -0.4 is 15.4 Å². The molecule has 1 aliphatic rings. The van der Waals surface area contributed by atoms with Gasteiger partial charge in [-0.05, 0) is 81.1 Å². The first-order chi connectivity index (χ1) is 14.9. The minimum atomic E-state index is -0.00953. The predicted octanol–water partition coefficient (Wildman–Crippen LogP) is 3.32. The van der Waals surface area contributed by atoms with E-state index in [9.17, 15) is 9.59 Å². The quantitative estimate of drug-likeness (QED) is 0.683. The third-order valence-electron chi connectivity index (χ3n) is 5.72. The van der Waals surface area contributed by atoms with Gasteiger partial charge in [0.25, 0.3) is 0 Å². The minimum Gasteiger partial charge on any atom is -0.496 e. The molecule has 2 aromatic carbocycles. The molecular formula is C25H33N3O3. The van der Waals surface area contributed by atoms with Crippen LogP contribution in [0.4, 0.5) is 5.69 Å². The number of nitrogens with one attached hydrogen (secondary N) is 2. The molecule has 0 unspecified atom stereocenters. The lowest BCUT2D eigenvalue weighted by molar-refractivity contribution is -0.126. The maximum absolute atomic E-state index is 12.5. The predicted molar refractivity (Wildman–Crippen MR) is 123 cm³/mol. The third kappa shape index (κ3) is 6.82. The number of likely N-dealkylation sites (tertiary alicyclic amines) is 1. The van der Waals surface area contributed by atoms with Crippen molar-refractivity contribution in [1.82, 2.24) is 10.2 Å². The van der Waals surface area contributed by atoms with Crippen molar-refractivity contribution in [2.24, 2.45) is 5.92 Å². The fourth-order valence-corrected chi connectivity index (χ4v) is 4.18. The van der Waals surface area contributed by atoms with Gasteiger partial charge in [0.2, 0.25) is 11.8 Å². The average Bonchev–Trinajstić information content (AvgIpc) is 2.73. The first-order valence-electron chi connectivity index (χ1n) is 10.9. The number of piperidine rings is 1. The number of ether oxygens (including phenoxy) is 1. The summed E-state index contributed by atoms with van der Waals surface area (Å²) in [5.74, 6) is 0.958. The topological polar surface area (TPSA) is 70.7 Å². The first-order valence-corrected chi connectivity index (χ1v) is 10.9. The molecule has 1 aliphatic heterocycles. The summed E-state index contributed by atoms with van der Waals surface area (Å²) in [4.78, 5) is 27.1. The van der Waals surface area contributed by atoms with Gasteiger partial charge in [-0.25, -0.2) is 0 Å². The van der Waals surface area contributed by atoms with E-state index in [4.69, 9.17) is 4.74 Å². The molecule has 2 aromatic rings. The largest absolute Gasteiger partial charge is 0.496 e.